The number of aromatic nitrogens is 2. The first-order chi connectivity index (χ1) is 13.5. The lowest BCUT2D eigenvalue weighted by atomic mass is 9.98. The molecule has 0 unspecified atom stereocenters. The van der Waals surface area contributed by atoms with Crippen LogP contribution in [-0.4, -0.2) is 50.9 Å². The number of rotatable bonds is 6. The van der Waals surface area contributed by atoms with Gasteiger partial charge in [-0.3, -0.25) is 14.5 Å². The molecule has 1 aliphatic carbocycles. The van der Waals surface area contributed by atoms with E-state index in [0.717, 1.165) is 29.7 Å². The summed E-state index contributed by atoms with van der Waals surface area (Å²) in [5, 5.41) is 5.70. The van der Waals surface area contributed by atoms with Crippen molar-refractivity contribution in [1.29, 1.82) is 0 Å². The van der Waals surface area contributed by atoms with Crippen LogP contribution in [0.3, 0.4) is 0 Å². The van der Waals surface area contributed by atoms with Crippen LogP contribution in [0.25, 0.3) is 11.0 Å². The van der Waals surface area contributed by atoms with E-state index >= 15 is 0 Å². The number of imide groups is 1. The van der Waals surface area contributed by atoms with Gasteiger partial charge < -0.3 is 15.2 Å². The van der Waals surface area contributed by atoms with Gasteiger partial charge in [-0.25, -0.2) is 9.78 Å². The van der Waals surface area contributed by atoms with Crippen molar-refractivity contribution in [3.8, 4) is 0 Å². The highest BCUT2D eigenvalue weighted by molar-refractivity contribution is 6.07. The molecule has 4 amide bonds. The molecule has 2 aliphatic rings. The lowest BCUT2D eigenvalue weighted by Gasteiger charge is -2.19. The molecule has 8 nitrogen and oxygen atoms in total. The molecule has 0 atom stereocenters. The number of nitrogens with one attached hydrogen (secondary N) is 2. The van der Waals surface area contributed by atoms with Gasteiger partial charge in [0.1, 0.15) is 11.4 Å². The standard InChI is InChI=1S/C20H25N5O3/c1-14-22-15-6-2-3-7-16(15)24(14)13-11-21-17(26)8-12-25-18(27)20(23-19(25)28)9-4-5-10-20/h2-3,6-7H,4-5,8-13H2,1H3,(H,21,26)(H,23,28). The SMILES string of the molecule is Cc1nc2ccccc2n1CCNC(=O)CCN1C(=O)NC2(CCCC2)C1=O. The summed E-state index contributed by atoms with van der Waals surface area (Å²) >= 11 is 0. The Balaban J connectivity index is 1.28. The maximum absolute atomic E-state index is 12.6. The van der Waals surface area contributed by atoms with Gasteiger partial charge in [-0.2, -0.15) is 0 Å². The van der Waals surface area contributed by atoms with Crippen molar-refractivity contribution in [2.75, 3.05) is 13.1 Å². The number of hydrogen-bond acceptors (Lipinski definition) is 4. The minimum Gasteiger partial charge on any atom is -0.354 e. The molecule has 2 heterocycles. The van der Waals surface area contributed by atoms with E-state index in [9.17, 15) is 14.4 Å². The van der Waals surface area contributed by atoms with Crippen molar-refractivity contribution in [3.05, 3.63) is 30.1 Å². The summed E-state index contributed by atoms with van der Waals surface area (Å²) in [5.41, 5.74) is 1.26. The Morgan fingerprint density at radius 3 is 2.75 bits per heavy atom. The molecule has 1 aromatic carbocycles. The van der Waals surface area contributed by atoms with Gasteiger partial charge in [0.15, 0.2) is 0 Å². The van der Waals surface area contributed by atoms with E-state index in [2.05, 4.69) is 20.2 Å². The van der Waals surface area contributed by atoms with Crippen molar-refractivity contribution >= 4 is 28.9 Å². The second kappa shape index (κ2) is 7.26. The number of benzene rings is 1. The molecule has 1 saturated carbocycles. The van der Waals surface area contributed by atoms with Gasteiger partial charge in [0.05, 0.1) is 11.0 Å². The Morgan fingerprint density at radius 1 is 1.21 bits per heavy atom. The quantitative estimate of drug-likeness (QED) is 0.743. The lowest BCUT2D eigenvalue weighted by Crippen LogP contribution is -2.44. The molecular weight excluding hydrogens is 358 g/mol. The smallest absolute Gasteiger partial charge is 0.325 e. The fourth-order valence-electron chi connectivity index (χ4n) is 4.28. The highest BCUT2D eigenvalue weighted by atomic mass is 16.2. The van der Waals surface area contributed by atoms with E-state index in [1.165, 1.54) is 4.90 Å². The second-order valence-electron chi connectivity index (χ2n) is 7.58. The summed E-state index contributed by atoms with van der Waals surface area (Å²) in [4.78, 5) is 42.6. The minimum absolute atomic E-state index is 0.110. The summed E-state index contributed by atoms with van der Waals surface area (Å²) in [6.07, 6.45) is 3.39. The van der Waals surface area contributed by atoms with Crippen LogP contribution in [0.15, 0.2) is 24.3 Å². The summed E-state index contributed by atoms with van der Waals surface area (Å²) in [6, 6.07) is 7.51. The van der Waals surface area contributed by atoms with Crippen molar-refractivity contribution in [3.63, 3.8) is 0 Å². The molecule has 2 aromatic rings. The monoisotopic (exact) mass is 383 g/mol. The zero-order valence-corrected chi connectivity index (χ0v) is 16.0. The maximum Gasteiger partial charge on any atom is 0.325 e. The van der Waals surface area contributed by atoms with Gasteiger partial charge >= 0.3 is 6.03 Å². The van der Waals surface area contributed by atoms with Crippen molar-refractivity contribution in [1.82, 2.24) is 25.1 Å². The van der Waals surface area contributed by atoms with E-state index in [1.54, 1.807) is 0 Å². The number of fused-ring (bicyclic) bond motifs is 1. The Hall–Kier alpha value is -2.90. The van der Waals surface area contributed by atoms with Gasteiger partial charge in [0, 0.05) is 26.1 Å². The fraction of sp³-hybridized carbons (Fsp3) is 0.500. The molecule has 2 fully saturated rings. The predicted octanol–water partition coefficient (Wildman–Crippen LogP) is 1.72. The third-order valence-corrected chi connectivity index (χ3v) is 5.77. The van der Waals surface area contributed by atoms with Gasteiger partial charge in [-0.1, -0.05) is 25.0 Å². The van der Waals surface area contributed by atoms with Crippen LogP contribution in [0.5, 0.6) is 0 Å². The molecule has 28 heavy (non-hydrogen) atoms. The van der Waals surface area contributed by atoms with E-state index in [1.807, 2.05) is 31.2 Å². The fourth-order valence-corrected chi connectivity index (χ4v) is 4.28. The van der Waals surface area contributed by atoms with E-state index in [4.69, 9.17) is 0 Å². The van der Waals surface area contributed by atoms with Gasteiger partial charge in [0.2, 0.25) is 5.91 Å². The van der Waals surface area contributed by atoms with Gasteiger partial charge in [-0.05, 0) is 31.9 Å². The number of amides is 4. The topological polar surface area (TPSA) is 96.3 Å². The average molecular weight is 383 g/mol. The Morgan fingerprint density at radius 2 is 1.96 bits per heavy atom. The summed E-state index contributed by atoms with van der Waals surface area (Å²) in [6.45, 7) is 3.14. The Bertz CT molecular complexity index is 929. The van der Waals surface area contributed by atoms with E-state index in [0.29, 0.717) is 25.9 Å². The van der Waals surface area contributed by atoms with Crippen LogP contribution in [-0.2, 0) is 16.1 Å². The summed E-state index contributed by atoms with van der Waals surface area (Å²) in [5.74, 6) is 0.551. The largest absolute Gasteiger partial charge is 0.354 e. The molecule has 0 radical (unpaired) electrons. The first-order valence-corrected chi connectivity index (χ1v) is 9.83. The van der Waals surface area contributed by atoms with Crippen LogP contribution in [0.4, 0.5) is 4.79 Å². The van der Waals surface area contributed by atoms with Crippen LogP contribution in [0.1, 0.15) is 37.9 Å². The number of urea groups is 1. The molecule has 8 heteroatoms. The van der Waals surface area contributed by atoms with Crippen molar-refractivity contribution < 1.29 is 14.4 Å². The van der Waals surface area contributed by atoms with Crippen molar-refractivity contribution in [2.45, 2.75) is 51.1 Å². The molecule has 0 bridgehead atoms. The Labute approximate surface area is 163 Å². The highest BCUT2D eigenvalue weighted by Gasteiger charge is 2.52. The predicted molar refractivity (Wildman–Crippen MR) is 104 cm³/mol. The lowest BCUT2D eigenvalue weighted by molar-refractivity contribution is -0.131. The third-order valence-electron chi connectivity index (χ3n) is 5.77. The van der Waals surface area contributed by atoms with Crippen LogP contribution < -0.4 is 10.6 Å². The van der Waals surface area contributed by atoms with Crippen molar-refractivity contribution in [2.24, 2.45) is 0 Å². The van der Waals surface area contributed by atoms with Crippen LogP contribution in [0.2, 0.25) is 0 Å². The van der Waals surface area contributed by atoms with Gasteiger partial charge in [0.25, 0.3) is 5.91 Å². The molecule has 4 rings (SSSR count). The molecule has 1 saturated heterocycles. The first-order valence-electron chi connectivity index (χ1n) is 9.83. The molecule has 1 aliphatic heterocycles. The number of nitrogens with zero attached hydrogens (tertiary/aromatic N) is 3. The normalized spacial score (nSPS) is 18.2. The second-order valence-corrected chi connectivity index (χ2v) is 7.58. The van der Waals surface area contributed by atoms with Crippen LogP contribution in [0, 0.1) is 6.92 Å². The molecule has 2 N–H and O–H groups in total. The summed E-state index contributed by atoms with van der Waals surface area (Å²) < 4.78 is 2.07. The zero-order valence-electron chi connectivity index (χ0n) is 16.0. The van der Waals surface area contributed by atoms with E-state index < -0.39 is 5.54 Å². The molecule has 1 spiro atoms. The number of imidazole rings is 1. The van der Waals surface area contributed by atoms with Gasteiger partial charge in [-0.15, -0.1) is 0 Å². The highest BCUT2D eigenvalue weighted by Crippen LogP contribution is 2.34. The molecule has 148 valence electrons. The Kier molecular flexibility index (Phi) is 4.78. The number of carbonyl (C=O) groups is 3. The minimum atomic E-state index is -0.715. The number of aryl methyl sites for hydroxylation is 1. The average Bonchev–Trinajstić information content (AvgIpc) is 3.33. The summed E-state index contributed by atoms with van der Waals surface area (Å²) in [7, 11) is 0. The number of para-hydroxylation sites is 2. The maximum atomic E-state index is 12.6. The third kappa shape index (κ3) is 3.23. The number of carbonyl (C=O) groups excluding carboxylic acids is 3. The number of hydrogen-bond donors (Lipinski definition) is 2. The molecular formula is C20H25N5O3. The van der Waals surface area contributed by atoms with E-state index in [-0.39, 0.29) is 30.8 Å². The van der Waals surface area contributed by atoms with Crippen LogP contribution >= 0.6 is 0 Å². The molecule has 1 aromatic heterocycles. The first kappa shape index (κ1) is 18.5. The zero-order chi connectivity index (χ0) is 19.7.